The number of benzene rings is 1. The Morgan fingerprint density at radius 1 is 1.50 bits per heavy atom. The maximum Gasteiger partial charge on any atom is 0.265 e. The molecular formula is C14H21N3O. The number of hydrogen-bond donors (Lipinski definition) is 2. The van der Waals surface area contributed by atoms with Gasteiger partial charge in [0.25, 0.3) is 5.91 Å². The molecule has 4 nitrogen and oxygen atoms in total. The first-order chi connectivity index (χ1) is 8.63. The predicted molar refractivity (Wildman–Crippen MR) is 71.7 cm³/mol. The highest BCUT2D eigenvalue weighted by atomic mass is 16.2. The molecule has 1 atom stereocenters. The molecule has 0 aromatic heterocycles. The number of nitrogens with two attached hydrogens (primary N) is 1. The summed E-state index contributed by atoms with van der Waals surface area (Å²) < 4.78 is 0. The molecule has 1 saturated carbocycles. The van der Waals surface area contributed by atoms with E-state index in [0.717, 1.165) is 18.0 Å². The molecule has 1 unspecified atom stereocenters. The molecule has 0 aliphatic heterocycles. The van der Waals surface area contributed by atoms with Gasteiger partial charge in [-0.3, -0.25) is 15.1 Å². The number of amides is 1. The van der Waals surface area contributed by atoms with E-state index in [1.807, 2.05) is 24.3 Å². The van der Waals surface area contributed by atoms with E-state index in [0.29, 0.717) is 11.6 Å². The van der Waals surface area contributed by atoms with E-state index in [2.05, 4.69) is 24.3 Å². The molecule has 0 spiro atoms. The summed E-state index contributed by atoms with van der Waals surface area (Å²) in [5, 5.41) is 0. The Kier molecular flexibility index (Phi) is 3.99. The van der Waals surface area contributed by atoms with Crippen LogP contribution >= 0.6 is 0 Å². The van der Waals surface area contributed by atoms with Crippen LogP contribution < -0.4 is 11.3 Å². The Morgan fingerprint density at radius 3 is 2.78 bits per heavy atom. The maximum absolute atomic E-state index is 11.7. The van der Waals surface area contributed by atoms with Crippen LogP contribution in [-0.4, -0.2) is 23.9 Å². The zero-order chi connectivity index (χ0) is 13.1. The highest BCUT2D eigenvalue weighted by Gasteiger charge is 2.30. The predicted octanol–water partition coefficient (Wildman–Crippen LogP) is 1.52. The van der Waals surface area contributed by atoms with Crippen molar-refractivity contribution in [3.8, 4) is 0 Å². The van der Waals surface area contributed by atoms with Gasteiger partial charge in [0.05, 0.1) is 0 Å². The molecule has 3 N–H and O–H groups in total. The second-order valence-corrected chi connectivity index (χ2v) is 5.12. The molecule has 18 heavy (non-hydrogen) atoms. The first-order valence-electron chi connectivity index (χ1n) is 6.42. The van der Waals surface area contributed by atoms with E-state index >= 15 is 0 Å². The van der Waals surface area contributed by atoms with Gasteiger partial charge >= 0.3 is 0 Å². The molecule has 0 bridgehead atoms. The molecule has 1 amide bonds. The van der Waals surface area contributed by atoms with E-state index in [4.69, 9.17) is 5.84 Å². The van der Waals surface area contributed by atoms with Gasteiger partial charge in [-0.25, -0.2) is 5.84 Å². The minimum atomic E-state index is -0.224. The molecule has 1 fully saturated rings. The topological polar surface area (TPSA) is 58.4 Å². The van der Waals surface area contributed by atoms with E-state index < -0.39 is 0 Å². The van der Waals surface area contributed by atoms with Gasteiger partial charge in [-0.05, 0) is 44.4 Å². The maximum atomic E-state index is 11.7. The number of carbonyl (C=O) groups is 1. The second kappa shape index (κ2) is 5.50. The molecule has 0 heterocycles. The average molecular weight is 247 g/mol. The van der Waals surface area contributed by atoms with E-state index in [-0.39, 0.29) is 5.91 Å². The Morgan fingerprint density at radius 2 is 2.17 bits per heavy atom. The minimum absolute atomic E-state index is 0.224. The third-order valence-corrected chi connectivity index (χ3v) is 3.81. The van der Waals surface area contributed by atoms with Crippen LogP contribution in [0.4, 0.5) is 0 Å². The van der Waals surface area contributed by atoms with Gasteiger partial charge in [-0.15, -0.1) is 0 Å². The fourth-order valence-corrected chi connectivity index (χ4v) is 2.31. The molecule has 1 aliphatic carbocycles. The van der Waals surface area contributed by atoms with Crippen LogP contribution in [0.1, 0.15) is 35.7 Å². The Balaban J connectivity index is 2.10. The molecule has 1 aromatic rings. The summed E-state index contributed by atoms with van der Waals surface area (Å²) in [4.78, 5) is 14.0. The van der Waals surface area contributed by atoms with E-state index in [1.54, 1.807) is 0 Å². The van der Waals surface area contributed by atoms with Crippen LogP contribution in [0.2, 0.25) is 0 Å². The fraction of sp³-hybridized carbons (Fsp3) is 0.500. The van der Waals surface area contributed by atoms with Crippen LogP contribution in [0.3, 0.4) is 0 Å². The number of hydrazine groups is 1. The van der Waals surface area contributed by atoms with Gasteiger partial charge in [0.15, 0.2) is 0 Å². The van der Waals surface area contributed by atoms with Gasteiger partial charge in [0.1, 0.15) is 0 Å². The standard InChI is InChI=1S/C14H21N3O/c1-10(11-7-8-11)17(2)9-12-5-3-4-6-13(12)14(18)16-15/h3-6,10-11H,7-9,15H2,1-2H3,(H,16,18). The fourth-order valence-electron chi connectivity index (χ4n) is 2.31. The number of nitrogen functional groups attached to an aromatic ring is 1. The van der Waals surface area contributed by atoms with Crippen molar-refractivity contribution in [1.29, 1.82) is 0 Å². The van der Waals surface area contributed by atoms with Gasteiger partial charge in [-0.2, -0.15) is 0 Å². The third kappa shape index (κ3) is 2.89. The average Bonchev–Trinajstić information content (AvgIpc) is 3.22. The number of hydrogen-bond acceptors (Lipinski definition) is 3. The lowest BCUT2D eigenvalue weighted by molar-refractivity contribution is 0.0951. The van der Waals surface area contributed by atoms with Crippen molar-refractivity contribution >= 4 is 5.91 Å². The summed E-state index contributed by atoms with van der Waals surface area (Å²) in [5.74, 6) is 5.81. The highest BCUT2D eigenvalue weighted by Crippen LogP contribution is 2.35. The summed E-state index contributed by atoms with van der Waals surface area (Å²) >= 11 is 0. The largest absolute Gasteiger partial charge is 0.299 e. The number of nitrogens with one attached hydrogen (secondary N) is 1. The van der Waals surface area contributed by atoms with Crippen molar-refractivity contribution in [2.24, 2.45) is 11.8 Å². The van der Waals surface area contributed by atoms with Gasteiger partial charge in [-0.1, -0.05) is 18.2 Å². The van der Waals surface area contributed by atoms with E-state index in [1.165, 1.54) is 12.8 Å². The number of rotatable bonds is 5. The van der Waals surface area contributed by atoms with Gasteiger partial charge in [0, 0.05) is 18.2 Å². The Hall–Kier alpha value is -1.39. The van der Waals surface area contributed by atoms with Crippen molar-refractivity contribution in [3.63, 3.8) is 0 Å². The monoisotopic (exact) mass is 247 g/mol. The van der Waals surface area contributed by atoms with Crippen LogP contribution in [0, 0.1) is 5.92 Å². The molecule has 4 heteroatoms. The van der Waals surface area contributed by atoms with Crippen LogP contribution in [0.25, 0.3) is 0 Å². The molecule has 0 radical (unpaired) electrons. The summed E-state index contributed by atoms with van der Waals surface area (Å²) in [7, 11) is 2.11. The normalized spacial score (nSPS) is 16.7. The first kappa shape index (κ1) is 13.1. The lowest BCUT2D eigenvalue weighted by Gasteiger charge is -2.25. The molecular weight excluding hydrogens is 226 g/mol. The third-order valence-electron chi connectivity index (χ3n) is 3.81. The molecule has 2 rings (SSSR count). The lowest BCUT2D eigenvalue weighted by atomic mass is 10.1. The number of carbonyl (C=O) groups excluding carboxylic acids is 1. The second-order valence-electron chi connectivity index (χ2n) is 5.12. The highest BCUT2D eigenvalue weighted by molar-refractivity contribution is 5.95. The van der Waals surface area contributed by atoms with Crippen molar-refractivity contribution in [3.05, 3.63) is 35.4 Å². The molecule has 1 aromatic carbocycles. The summed E-state index contributed by atoms with van der Waals surface area (Å²) in [6, 6.07) is 8.18. The lowest BCUT2D eigenvalue weighted by Crippen LogP contribution is -2.33. The van der Waals surface area contributed by atoms with Crippen molar-refractivity contribution in [2.45, 2.75) is 32.4 Å². The summed E-state index contributed by atoms with van der Waals surface area (Å²) in [6.07, 6.45) is 2.66. The Labute approximate surface area is 108 Å². The zero-order valence-electron chi connectivity index (χ0n) is 11.0. The molecule has 0 saturated heterocycles. The first-order valence-corrected chi connectivity index (χ1v) is 6.42. The minimum Gasteiger partial charge on any atom is -0.299 e. The molecule has 1 aliphatic rings. The summed E-state index contributed by atoms with van der Waals surface area (Å²) in [5.41, 5.74) is 3.89. The number of nitrogens with zero attached hydrogens (tertiary/aromatic N) is 1. The van der Waals surface area contributed by atoms with Crippen molar-refractivity contribution < 1.29 is 4.79 Å². The quantitative estimate of drug-likeness (QED) is 0.471. The molecule has 98 valence electrons. The SMILES string of the molecule is CC(C1CC1)N(C)Cc1ccccc1C(=O)NN. The van der Waals surface area contributed by atoms with Crippen LogP contribution in [-0.2, 0) is 6.54 Å². The summed E-state index contributed by atoms with van der Waals surface area (Å²) in [6.45, 7) is 3.03. The van der Waals surface area contributed by atoms with Crippen LogP contribution in [0.5, 0.6) is 0 Å². The van der Waals surface area contributed by atoms with Gasteiger partial charge < -0.3 is 0 Å². The smallest absolute Gasteiger partial charge is 0.265 e. The zero-order valence-corrected chi connectivity index (χ0v) is 11.0. The van der Waals surface area contributed by atoms with E-state index in [9.17, 15) is 4.79 Å². The van der Waals surface area contributed by atoms with Gasteiger partial charge in [0.2, 0.25) is 0 Å². The van der Waals surface area contributed by atoms with Crippen LogP contribution in [0.15, 0.2) is 24.3 Å². The van der Waals surface area contributed by atoms with Crippen molar-refractivity contribution in [1.82, 2.24) is 10.3 Å². The Bertz CT molecular complexity index is 429. The van der Waals surface area contributed by atoms with Crippen molar-refractivity contribution in [2.75, 3.05) is 7.05 Å².